The molecule has 0 fully saturated rings. The fourth-order valence-electron chi connectivity index (χ4n) is 1.97. The van der Waals surface area contributed by atoms with Gasteiger partial charge >= 0.3 is 12.1 Å². The molecule has 1 heterocycles. The SMILES string of the molecule is CCCC(Oc1ccc(Oc2ccc(C(F)(F)F)cn2)cc1)C(=O)O. The summed E-state index contributed by atoms with van der Waals surface area (Å²) < 4.78 is 48.1. The second-order valence-corrected chi connectivity index (χ2v) is 5.19. The van der Waals surface area contributed by atoms with Crippen LogP contribution in [-0.4, -0.2) is 22.2 Å². The van der Waals surface area contributed by atoms with Crippen molar-refractivity contribution in [3.63, 3.8) is 0 Å². The van der Waals surface area contributed by atoms with Gasteiger partial charge in [-0.1, -0.05) is 13.3 Å². The zero-order valence-corrected chi connectivity index (χ0v) is 13.3. The number of carboxylic acid groups (broad SMARTS) is 1. The highest BCUT2D eigenvalue weighted by Gasteiger charge is 2.30. The van der Waals surface area contributed by atoms with Crippen LogP contribution in [-0.2, 0) is 11.0 Å². The fraction of sp³-hybridized carbons (Fsp3) is 0.294. The number of hydrogen-bond acceptors (Lipinski definition) is 4. The third-order valence-electron chi connectivity index (χ3n) is 3.21. The minimum absolute atomic E-state index is 0.0102. The maximum Gasteiger partial charge on any atom is 0.417 e. The van der Waals surface area contributed by atoms with Crippen LogP contribution in [0.4, 0.5) is 13.2 Å². The summed E-state index contributed by atoms with van der Waals surface area (Å²) in [4.78, 5) is 14.7. The Balaban J connectivity index is 2.01. The predicted octanol–water partition coefficient (Wildman–Crippen LogP) is 4.52. The molecule has 25 heavy (non-hydrogen) atoms. The highest BCUT2D eigenvalue weighted by molar-refractivity contribution is 5.72. The first-order chi connectivity index (χ1) is 11.8. The monoisotopic (exact) mass is 355 g/mol. The summed E-state index contributed by atoms with van der Waals surface area (Å²) in [5.74, 6) is -0.345. The molecule has 5 nitrogen and oxygen atoms in total. The van der Waals surface area contributed by atoms with Gasteiger partial charge in [0.2, 0.25) is 5.88 Å². The number of alkyl halides is 3. The van der Waals surface area contributed by atoms with E-state index in [2.05, 4.69) is 4.98 Å². The van der Waals surface area contributed by atoms with Crippen molar-refractivity contribution in [2.75, 3.05) is 0 Å². The first-order valence-corrected chi connectivity index (χ1v) is 7.50. The van der Waals surface area contributed by atoms with Gasteiger partial charge < -0.3 is 14.6 Å². The number of nitrogens with zero attached hydrogens (tertiary/aromatic N) is 1. The average Bonchev–Trinajstić information content (AvgIpc) is 2.56. The van der Waals surface area contributed by atoms with Crippen LogP contribution in [0.5, 0.6) is 17.4 Å². The van der Waals surface area contributed by atoms with Crippen molar-refractivity contribution >= 4 is 5.97 Å². The maximum atomic E-state index is 12.5. The van der Waals surface area contributed by atoms with E-state index < -0.39 is 23.8 Å². The molecule has 0 radical (unpaired) electrons. The molecule has 0 saturated heterocycles. The molecular weight excluding hydrogens is 339 g/mol. The molecule has 0 aliphatic carbocycles. The number of hydrogen-bond donors (Lipinski definition) is 1. The lowest BCUT2D eigenvalue weighted by Gasteiger charge is -2.14. The van der Waals surface area contributed by atoms with Gasteiger partial charge in [0.15, 0.2) is 6.10 Å². The third kappa shape index (κ3) is 5.37. The Morgan fingerprint density at radius 3 is 2.28 bits per heavy atom. The molecule has 1 unspecified atom stereocenters. The number of ether oxygens (including phenoxy) is 2. The Bertz CT molecular complexity index is 699. The number of halogens is 3. The van der Waals surface area contributed by atoms with Crippen molar-refractivity contribution in [2.24, 2.45) is 0 Å². The number of carboxylic acids is 1. The molecule has 0 amide bonds. The molecule has 0 saturated carbocycles. The van der Waals surface area contributed by atoms with Gasteiger partial charge in [-0.3, -0.25) is 0 Å². The van der Waals surface area contributed by atoms with Crippen molar-refractivity contribution in [3.05, 3.63) is 48.2 Å². The van der Waals surface area contributed by atoms with Gasteiger partial charge in [0, 0.05) is 12.3 Å². The summed E-state index contributed by atoms with van der Waals surface area (Å²) in [6.07, 6.45) is -3.66. The van der Waals surface area contributed by atoms with Gasteiger partial charge in [-0.25, -0.2) is 9.78 Å². The van der Waals surface area contributed by atoms with Crippen LogP contribution in [0.25, 0.3) is 0 Å². The van der Waals surface area contributed by atoms with E-state index in [0.29, 0.717) is 30.5 Å². The number of aromatic nitrogens is 1. The van der Waals surface area contributed by atoms with Gasteiger partial charge in [0.1, 0.15) is 11.5 Å². The first-order valence-electron chi connectivity index (χ1n) is 7.50. The first kappa shape index (κ1) is 18.6. The van der Waals surface area contributed by atoms with E-state index in [1.165, 1.54) is 24.3 Å². The van der Waals surface area contributed by atoms with E-state index in [4.69, 9.17) is 14.6 Å². The second-order valence-electron chi connectivity index (χ2n) is 5.19. The molecule has 1 aromatic heterocycles. The average molecular weight is 355 g/mol. The van der Waals surface area contributed by atoms with E-state index in [0.717, 1.165) is 12.1 Å². The van der Waals surface area contributed by atoms with Crippen molar-refractivity contribution < 1.29 is 32.5 Å². The van der Waals surface area contributed by atoms with Gasteiger partial charge in [0.05, 0.1) is 5.56 Å². The number of aliphatic carboxylic acids is 1. The quantitative estimate of drug-likeness (QED) is 0.791. The molecule has 0 aliphatic heterocycles. The summed E-state index contributed by atoms with van der Waals surface area (Å²) in [6.45, 7) is 1.85. The van der Waals surface area contributed by atoms with Gasteiger partial charge in [-0.15, -0.1) is 0 Å². The highest BCUT2D eigenvalue weighted by Crippen LogP contribution is 2.30. The predicted molar refractivity (Wildman–Crippen MR) is 82.7 cm³/mol. The molecule has 8 heteroatoms. The minimum atomic E-state index is -4.45. The zero-order chi connectivity index (χ0) is 18.4. The molecule has 2 rings (SSSR count). The molecule has 0 spiro atoms. The molecule has 1 N–H and O–H groups in total. The Hall–Kier alpha value is -2.77. The van der Waals surface area contributed by atoms with Crippen molar-refractivity contribution in [1.82, 2.24) is 4.98 Å². The minimum Gasteiger partial charge on any atom is -0.479 e. The van der Waals surface area contributed by atoms with Crippen LogP contribution in [0.1, 0.15) is 25.3 Å². The van der Waals surface area contributed by atoms with Gasteiger partial charge in [-0.05, 0) is 36.8 Å². The lowest BCUT2D eigenvalue weighted by Crippen LogP contribution is -2.26. The van der Waals surface area contributed by atoms with Crippen LogP contribution >= 0.6 is 0 Å². The van der Waals surface area contributed by atoms with Crippen molar-refractivity contribution in [1.29, 1.82) is 0 Å². The van der Waals surface area contributed by atoms with E-state index in [-0.39, 0.29) is 5.88 Å². The molecule has 2 aromatic rings. The molecular formula is C17H16F3NO4. The third-order valence-corrected chi connectivity index (χ3v) is 3.21. The summed E-state index contributed by atoms with van der Waals surface area (Å²) in [7, 11) is 0. The smallest absolute Gasteiger partial charge is 0.417 e. The van der Waals surface area contributed by atoms with Crippen molar-refractivity contribution in [3.8, 4) is 17.4 Å². The van der Waals surface area contributed by atoms with Crippen LogP contribution in [0.3, 0.4) is 0 Å². The molecule has 0 aliphatic rings. The summed E-state index contributed by atoms with van der Waals surface area (Å²) in [5, 5.41) is 9.06. The van der Waals surface area contributed by atoms with Gasteiger partial charge in [-0.2, -0.15) is 13.2 Å². The summed E-state index contributed by atoms with van der Waals surface area (Å²) in [5.41, 5.74) is -0.862. The highest BCUT2D eigenvalue weighted by atomic mass is 19.4. The van der Waals surface area contributed by atoms with Crippen LogP contribution in [0.2, 0.25) is 0 Å². The molecule has 1 atom stereocenters. The number of pyridine rings is 1. The number of rotatable bonds is 7. The molecule has 0 bridgehead atoms. The van der Waals surface area contributed by atoms with Crippen LogP contribution in [0, 0.1) is 0 Å². The number of benzene rings is 1. The maximum absolute atomic E-state index is 12.5. The lowest BCUT2D eigenvalue weighted by molar-refractivity contribution is -0.145. The van der Waals surface area contributed by atoms with E-state index in [1.807, 2.05) is 6.92 Å². The van der Waals surface area contributed by atoms with E-state index >= 15 is 0 Å². The summed E-state index contributed by atoms with van der Waals surface area (Å²) in [6, 6.07) is 8.06. The Morgan fingerprint density at radius 1 is 1.16 bits per heavy atom. The topological polar surface area (TPSA) is 68.7 Å². The Morgan fingerprint density at radius 2 is 1.80 bits per heavy atom. The van der Waals surface area contributed by atoms with Gasteiger partial charge in [0.25, 0.3) is 0 Å². The van der Waals surface area contributed by atoms with Crippen LogP contribution < -0.4 is 9.47 Å². The number of carbonyl (C=O) groups is 1. The largest absolute Gasteiger partial charge is 0.479 e. The van der Waals surface area contributed by atoms with E-state index in [1.54, 1.807) is 0 Å². The Labute approximate surface area is 142 Å². The van der Waals surface area contributed by atoms with E-state index in [9.17, 15) is 18.0 Å². The second kappa shape index (κ2) is 7.87. The standard InChI is InChI=1S/C17H16F3NO4/c1-2-3-14(16(22)23)24-12-5-7-13(8-6-12)25-15-9-4-11(10-21-15)17(18,19)20/h4-10,14H,2-3H2,1H3,(H,22,23). The normalized spacial score (nSPS) is 12.5. The molecule has 1 aromatic carbocycles. The fourth-order valence-corrected chi connectivity index (χ4v) is 1.97. The lowest BCUT2D eigenvalue weighted by atomic mass is 10.2. The zero-order valence-electron chi connectivity index (χ0n) is 13.3. The van der Waals surface area contributed by atoms with Crippen LogP contribution in [0.15, 0.2) is 42.6 Å². The summed E-state index contributed by atoms with van der Waals surface area (Å²) >= 11 is 0. The Kier molecular flexibility index (Phi) is 5.84. The molecule has 134 valence electrons. The van der Waals surface area contributed by atoms with Crippen molar-refractivity contribution in [2.45, 2.75) is 32.0 Å².